The average Bonchev–Trinajstić information content (AvgIpc) is 3.30. The van der Waals surface area contributed by atoms with Crippen molar-refractivity contribution in [2.24, 2.45) is 0 Å². The third-order valence-corrected chi connectivity index (χ3v) is 7.77. The lowest BCUT2D eigenvalue weighted by atomic mass is 10.0. The highest BCUT2D eigenvalue weighted by Crippen LogP contribution is 2.40. The summed E-state index contributed by atoms with van der Waals surface area (Å²) in [5.74, 6) is 1.07. The first-order chi connectivity index (χ1) is 16.6. The zero-order chi connectivity index (χ0) is 23.5. The van der Waals surface area contributed by atoms with Crippen LogP contribution in [0.2, 0.25) is 5.02 Å². The number of hydrogen-bond acceptors (Lipinski definition) is 6. The van der Waals surface area contributed by atoms with Crippen LogP contribution in [0.25, 0.3) is 17.0 Å². The Morgan fingerprint density at radius 1 is 1.00 bits per heavy atom. The van der Waals surface area contributed by atoms with E-state index in [1.165, 1.54) is 0 Å². The molecule has 0 amide bonds. The van der Waals surface area contributed by atoms with Crippen LogP contribution < -0.4 is 0 Å². The SMILES string of the molecule is C=C(c1ccc(-c2nc(C3CCOCC3)oc2Sc2ccc(Cl)cc2)cc1)N1CCC(O)CC1. The predicted molar refractivity (Wildman–Crippen MR) is 136 cm³/mol. The quantitative estimate of drug-likeness (QED) is 0.422. The number of nitrogens with zero attached hydrogens (tertiary/aromatic N) is 2. The largest absolute Gasteiger partial charge is 0.433 e. The summed E-state index contributed by atoms with van der Waals surface area (Å²) in [6.07, 6.45) is 3.23. The molecule has 3 heterocycles. The highest BCUT2D eigenvalue weighted by Gasteiger charge is 2.25. The summed E-state index contributed by atoms with van der Waals surface area (Å²) in [7, 11) is 0. The van der Waals surface area contributed by atoms with Crippen molar-refractivity contribution in [2.75, 3.05) is 26.3 Å². The minimum absolute atomic E-state index is 0.194. The molecular formula is C27H29ClN2O3S. The molecule has 5 nitrogen and oxygen atoms in total. The van der Waals surface area contributed by atoms with E-state index in [0.29, 0.717) is 5.02 Å². The maximum absolute atomic E-state index is 9.80. The fraction of sp³-hybridized carbons (Fsp3) is 0.370. The summed E-state index contributed by atoms with van der Waals surface area (Å²) in [4.78, 5) is 8.27. The van der Waals surface area contributed by atoms with Gasteiger partial charge in [0.1, 0.15) is 5.69 Å². The average molecular weight is 497 g/mol. The fourth-order valence-electron chi connectivity index (χ4n) is 4.44. The van der Waals surface area contributed by atoms with Gasteiger partial charge in [-0.1, -0.05) is 42.4 Å². The molecule has 2 aliphatic rings. The second-order valence-corrected chi connectivity index (χ2v) is 10.4. The monoisotopic (exact) mass is 496 g/mol. The van der Waals surface area contributed by atoms with Crippen LogP contribution >= 0.6 is 23.4 Å². The number of rotatable bonds is 6. The van der Waals surface area contributed by atoms with Gasteiger partial charge in [0.05, 0.1) is 6.10 Å². The predicted octanol–water partition coefficient (Wildman–Crippen LogP) is 6.47. The maximum Gasteiger partial charge on any atom is 0.199 e. The molecule has 2 aromatic carbocycles. The van der Waals surface area contributed by atoms with Gasteiger partial charge in [0.25, 0.3) is 0 Å². The van der Waals surface area contributed by atoms with Gasteiger partial charge < -0.3 is 19.2 Å². The third-order valence-electron chi connectivity index (χ3n) is 6.55. The Kier molecular flexibility index (Phi) is 7.30. The van der Waals surface area contributed by atoms with Gasteiger partial charge in [-0.2, -0.15) is 0 Å². The zero-order valence-electron chi connectivity index (χ0n) is 19.1. The van der Waals surface area contributed by atoms with E-state index in [1.807, 2.05) is 24.3 Å². The van der Waals surface area contributed by atoms with Crippen molar-refractivity contribution in [3.8, 4) is 11.3 Å². The molecule has 0 radical (unpaired) electrons. The second kappa shape index (κ2) is 10.6. The van der Waals surface area contributed by atoms with Gasteiger partial charge in [0, 0.05) is 53.4 Å². The van der Waals surface area contributed by atoms with Crippen molar-refractivity contribution >= 4 is 29.1 Å². The molecule has 0 bridgehead atoms. The van der Waals surface area contributed by atoms with Crippen LogP contribution in [0, 0.1) is 0 Å². The number of ether oxygens (including phenoxy) is 1. The van der Waals surface area contributed by atoms with Crippen molar-refractivity contribution in [3.05, 3.63) is 71.6 Å². The normalized spacial score (nSPS) is 17.8. The molecule has 0 unspecified atom stereocenters. The summed E-state index contributed by atoms with van der Waals surface area (Å²) in [5.41, 5.74) is 3.96. The third kappa shape index (κ3) is 5.36. The number of likely N-dealkylation sites (tertiary alicyclic amines) is 1. The number of benzene rings is 2. The van der Waals surface area contributed by atoms with Crippen LogP contribution in [-0.2, 0) is 4.74 Å². The molecule has 2 aliphatic heterocycles. The van der Waals surface area contributed by atoms with Gasteiger partial charge in [-0.25, -0.2) is 4.98 Å². The van der Waals surface area contributed by atoms with E-state index < -0.39 is 0 Å². The lowest BCUT2D eigenvalue weighted by Crippen LogP contribution is -2.34. The van der Waals surface area contributed by atoms with Gasteiger partial charge in [-0.15, -0.1) is 0 Å². The molecule has 0 saturated carbocycles. The molecule has 5 rings (SSSR count). The van der Waals surface area contributed by atoms with Crippen LogP contribution in [0.3, 0.4) is 0 Å². The van der Waals surface area contributed by atoms with Gasteiger partial charge in [0.15, 0.2) is 11.0 Å². The van der Waals surface area contributed by atoms with Crippen molar-refractivity contribution in [1.82, 2.24) is 9.88 Å². The highest BCUT2D eigenvalue weighted by atomic mass is 35.5. The summed E-state index contributed by atoms with van der Waals surface area (Å²) < 4.78 is 11.9. The smallest absolute Gasteiger partial charge is 0.199 e. The van der Waals surface area contributed by atoms with E-state index in [4.69, 9.17) is 25.7 Å². The minimum atomic E-state index is -0.194. The van der Waals surface area contributed by atoms with Crippen LogP contribution in [0.5, 0.6) is 0 Å². The summed E-state index contributed by atoms with van der Waals surface area (Å²) in [5, 5.41) is 11.3. The van der Waals surface area contributed by atoms with Gasteiger partial charge in [-0.05, 0) is 67.3 Å². The van der Waals surface area contributed by atoms with E-state index in [2.05, 4.69) is 35.7 Å². The highest BCUT2D eigenvalue weighted by molar-refractivity contribution is 7.99. The molecule has 7 heteroatoms. The van der Waals surface area contributed by atoms with Crippen molar-refractivity contribution in [1.29, 1.82) is 0 Å². The lowest BCUT2D eigenvalue weighted by Gasteiger charge is -2.33. The van der Waals surface area contributed by atoms with Crippen LogP contribution in [0.1, 0.15) is 43.1 Å². The number of hydrogen-bond donors (Lipinski definition) is 1. The number of halogens is 1. The maximum atomic E-state index is 9.80. The van der Waals surface area contributed by atoms with Crippen molar-refractivity contribution < 1.29 is 14.3 Å². The van der Waals surface area contributed by atoms with Gasteiger partial charge >= 0.3 is 0 Å². The van der Waals surface area contributed by atoms with Crippen LogP contribution in [0.15, 0.2) is 69.5 Å². The Balaban J connectivity index is 1.41. The summed E-state index contributed by atoms with van der Waals surface area (Å²) >= 11 is 7.64. The molecular weight excluding hydrogens is 468 g/mol. The molecule has 3 aromatic rings. The Morgan fingerprint density at radius 2 is 1.68 bits per heavy atom. The number of aliphatic hydroxyl groups is 1. The number of oxazole rings is 1. The molecule has 2 fully saturated rings. The molecule has 1 aromatic heterocycles. The summed E-state index contributed by atoms with van der Waals surface area (Å²) in [6.45, 7) is 7.46. The van der Waals surface area contributed by atoms with E-state index in [9.17, 15) is 5.11 Å². The van der Waals surface area contributed by atoms with Gasteiger partial charge in [-0.3, -0.25) is 0 Å². The van der Waals surface area contributed by atoms with Crippen LogP contribution in [0.4, 0.5) is 0 Å². The van der Waals surface area contributed by atoms with E-state index in [0.717, 1.165) is 90.4 Å². The van der Waals surface area contributed by atoms with E-state index >= 15 is 0 Å². The molecule has 1 N–H and O–H groups in total. The topological polar surface area (TPSA) is 58.7 Å². The van der Waals surface area contributed by atoms with Crippen molar-refractivity contribution in [3.63, 3.8) is 0 Å². The first kappa shape index (κ1) is 23.5. The minimum Gasteiger partial charge on any atom is -0.433 e. The first-order valence-electron chi connectivity index (χ1n) is 11.8. The first-order valence-corrected chi connectivity index (χ1v) is 13.0. The standard InChI is InChI=1S/C27H29ClN2O3S/c1-18(30-14-10-23(31)11-15-30)19-2-4-20(5-3-19)25-27(34-24-8-6-22(28)7-9-24)33-26(29-25)21-12-16-32-17-13-21/h2-9,21,23,31H,1,10-17H2. The lowest BCUT2D eigenvalue weighted by molar-refractivity contribution is 0.0786. The Morgan fingerprint density at radius 3 is 2.35 bits per heavy atom. The Hall–Kier alpha value is -2.25. The molecule has 2 saturated heterocycles. The molecule has 0 atom stereocenters. The van der Waals surface area contributed by atoms with E-state index in [1.54, 1.807) is 11.8 Å². The Bertz CT molecular complexity index is 1120. The number of aromatic nitrogens is 1. The zero-order valence-corrected chi connectivity index (χ0v) is 20.7. The second-order valence-electron chi connectivity index (χ2n) is 8.87. The molecule has 178 valence electrons. The fourth-order valence-corrected chi connectivity index (χ4v) is 5.44. The Labute approximate surface area is 209 Å². The van der Waals surface area contributed by atoms with E-state index in [-0.39, 0.29) is 12.0 Å². The number of piperidine rings is 1. The van der Waals surface area contributed by atoms with Crippen LogP contribution in [-0.4, -0.2) is 47.4 Å². The molecule has 0 aliphatic carbocycles. The van der Waals surface area contributed by atoms with Crippen molar-refractivity contribution in [2.45, 2.75) is 47.7 Å². The molecule has 0 spiro atoms. The number of aliphatic hydroxyl groups excluding tert-OH is 1. The molecule has 34 heavy (non-hydrogen) atoms. The van der Waals surface area contributed by atoms with Gasteiger partial charge in [0.2, 0.25) is 0 Å². The summed E-state index contributed by atoms with van der Waals surface area (Å²) in [6, 6.07) is 16.2.